The fourth-order valence-electron chi connectivity index (χ4n) is 7.50. The lowest BCUT2D eigenvalue weighted by atomic mass is 9.52. The van der Waals surface area contributed by atoms with Crippen molar-refractivity contribution < 1.29 is 14.6 Å². The van der Waals surface area contributed by atoms with Crippen molar-refractivity contribution in [1.82, 2.24) is 10.2 Å². The quantitative estimate of drug-likeness (QED) is 0.395. The lowest BCUT2D eigenvalue weighted by Crippen LogP contribution is -2.59. The molecule has 2 N–H and O–H groups in total. The van der Waals surface area contributed by atoms with Gasteiger partial charge in [0.2, 0.25) is 0 Å². The Morgan fingerprint density at radius 3 is 2.54 bits per heavy atom. The topological polar surface area (TPSA) is 85.6 Å². The fraction of sp³-hybridized carbons (Fsp3) is 0.371. The number of amides is 1. The lowest BCUT2D eigenvalue weighted by Gasteiger charge is -2.57. The van der Waals surface area contributed by atoms with Crippen molar-refractivity contribution in [2.24, 2.45) is 11.8 Å². The van der Waals surface area contributed by atoms with Crippen LogP contribution < -0.4 is 5.32 Å². The van der Waals surface area contributed by atoms with Crippen LogP contribution in [0, 0.1) is 23.2 Å². The summed E-state index contributed by atoms with van der Waals surface area (Å²) in [4.78, 5) is 15.8. The van der Waals surface area contributed by atoms with Crippen molar-refractivity contribution in [3.8, 4) is 22.9 Å². The van der Waals surface area contributed by atoms with E-state index in [1.807, 2.05) is 24.3 Å². The van der Waals surface area contributed by atoms with E-state index in [9.17, 15) is 9.90 Å². The van der Waals surface area contributed by atoms with Crippen LogP contribution in [0.4, 0.5) is 0 Å². The highest BCUT2D eigenvalue weighted by molar-refractivity contribution is 5.97. The molecule has 6 nitrogen and oxygen atoms in total. The van der Waals surface area contributed by atoms with Crippen LogP contribution in [0.1, 0.15) is 45.5 Å². The summed E-state index contributed by atoms with van der Waals surface area (Å²) < 4.78 is 5.52. The summed E-state index contributed by atoms with van der Waals surface area (Å²) in [6.45, 7) is 2.12. The second kappa shape index (κ2) is 11.2. The van der Waals surface area contributed by atoms with Crippen LogP contribution in [0.3, 0.4) is 0 Å². The van der Waals surface area contributed by atoms with Gasteiger partial charge in [-0.15, -0.1) is 0 Å². The molecular formula is C35H37N3O3. The maximum absolute atomic E-state index is 13.3. The van der Waals surface area contributed by atoms with E-state index in [1.165, 1.54) is 5.56 Å². The number of nitrogens with one attached hydrogen (secondary N) is 1. The zero-order chi connectivity index (χ0) is 28.6. The van der Waals surface area contributed by atoms with Crippen LogP contribution in [0.5, 0.6) is 5.75 Å². The van der Waals surface area contributed by atoms with Crippen molar-refractivity contribution in [3.05, 3.63) is 101 Å². The van der Waals surface area contributed by atoms with E-state index >= 15 is 0 Å². The van der Waals surface area contributed by atoms with Gasteiger partial charge in [-0.1, -0.05) is 54.6 Å². The largest absolute Gasteiger partial charge is 0.507 e. The van der Waals surface area contributed by atoms with Crippen LogP contribution in [-0.4, -0.2) is 55.8 Å². The Morgan fingerprint density at radius 2 is 1.83 bits per heavy atom. The summed E-state index contributed by atoms with van der Waals surface area (Å²) in [6.07, 6.45) is 8.11. The molecule has 4 unspecified atom stereocenters. The van der Waals surface area contributed by atoms with Gasteiger partial charge in [0.05, 0.1) is 23.8 Å². The smallest absolute Gasteiger partial charge is 0.255 e. The number of likely N-dealkylation sites (N-methyl/N-ethyl adjacent to an activating group) is 1. The number of hydrogen-bond donors (Lipinski definition) is 2. The number of methoxy groups -OCH3 is 1. The molecule has 1 aliphatic heterocycles. The number of carbonyl (C=O) groups is 1. The van der Waals surface area contributed by atoms with E-state index in [2.05, 4.69) is 65.8 Å². The number of ether oxygens (including phenoxy) is 1. The molecule has 3 aromatic carbocycles. The molecule has 0 aromatic heterocycles. The third-order valence-corrected chi connectivity index (χ3v) is 9.56. The minimum atomic E-state index is -0.234. The first-order valence-corrected chi connectivity index (χ1v) is 14.5. The number of nitrogens with zero attached hydrogens (tertiary/aromatic N) is 2. The Kier molecular flexibility index (Phi) is 7.42. The number of rotatable bonds is 7. The predicted octanol–water partition coefficient (Wildman–Crippen LogP) is 5.24. The second-order valence-corrected chi connectivity index (χ2v) is 11.9. The van der Waals surface area contributed by atoms with Gasteiger partial charge in [-0.05, 0) is 79.7 Å². The summed E-state index contributed by atoms with van der Waals surface area (Å²) in [5.41, 5.74) is 6.25. The third-order valence-electron chi connectivity index (χ3n) is 9.56. The number of phenolic OH excluding ortho intramolecular Hbond substituents is 1. The Labute approximate surface area is 242 Å². The third kappa shape index (κ3) is 4.94. The molecule has 3 aliphatic rings. The van der Waals surface area contributed by atoms with Crippen molar-refractivity contribution in [2.45, 2.75) is 37.1 Å². The molecule has 1 saturated heterocycles. The Bertz CT molecular complexity index is 1510. The second-order valence-electron chi connectivity index (χ2n) is 11.9. The number of fused-ring (bicyclic) bond motifs is 1. The predicted molar refractivity (Wildman–Crippen MR) is 160 cm³/mol. The maximum atomic E-state index is 13.3. The minimum absolute atomic E-state index is 0.159. The summed E-state index contributed by atoms with van der Waals surface area (Å²) in [5.74, 6) is 0.540. The summed E-state index contributed by atoms with van der Waals surface area (Å²) in [6, 6.07) is 22.2. The highest BCUT2D eigenvalue weighted by atomic mass is 16.5. The number of phenols is 1. The average Bonchev–Trinajstić information content (AvgIpc) is 2.99. The maximum Gasteiger partial charge on any atom is 0.255 e. The molecular weight excluding hydrogens is 510 g/mol. The van der Waals surface area contributed by atoms with Crippen molar-refractivity contribution in [1.29, 1.82) is 5.26 Å². The molecule has 4 atom stereocenters. The van der Waals surface area contributed by atoms with Gasteiger partial charge in [0.25, 0.3) is 5.91 Å². The fourth-order valence-corrected chi connectivity index (χ4v) is 7.50. The van der Waals surface area contributed by atoms with Crippen LogP contribution in [0.15, 0.2) is 72.8 Å². The van der Waals surface area contributed by atoms with Crippen molar-refractivity contribution >= 4 is 5.91 Å². The molecule has 0 saturated carbocycles. The number of hydrogen-bond acceptors (Lipinski definition) is 5. The van der Waals surface area contributed by atoms with E-state index in [-0.39, 0.29) is 17.1 Å². The first-order chi connectivity index (χ1) is 19.9. The van der Waals surface area contributed by atoms with E-state index in [0.717, 1.165) is 48.1 Å². The number of piperidine rings is 1. The molecule has 2 aliphatic carbocycles. The number of likely N-dealkylation sites (tertiary alicyclic amines) is 1. The van der Waals surface area contributed by atoms with Crippen molar-refractivity contribution in [2.75, 3.05) is 33.9 Å². The molecule has 6 heteroatoms. The van der Waals surface area contributed by atoms with Gasteiger partial charge < -0.3 is 20.1 Å². The van der Waals surface area contributed by atoms with Gasteiger partial charge in [-0.3, -0.25) is 4.79 Å². The summed E-state index contributed by atoms with van der Waals surface area (Å²) in [7, 11) is 3.95. The zero-order valence-corrected chi connectivity index (χ0v) is 23.8. The van der Waals surface area contributed by atoms with Gasteiger partial charge in [-0.25, -0.2) is 0 Å². The van der Waals surface area contributed by atoms with E-state index in [0.29, 0.717) is 48.6 Å². The highest BCUT2D eigenvalue weighted by Gasteiger charge is 2.54. The standard InChI is InChI=1S/C35H37N3O3/c1-38-18-16-35-20-25(22-41-2)7-14-30(35)31(38)19-28-12-13-29(33(39)32(28)35)34(40)37-17-15-23-3-8-26(9-4-23)27-10-5-24(21-36)6-11-27/h3-14,25,30-31,39H,15-20,22H2,1-2H3,(H,37,40). The number of nitriles is 1. The monoisotopic (exact) mass is 547 g/mol. The van der Waals surface area contributed by atoms with E-state index in [1.54, 1.807) is 13.2 Å². The molecule has 6 rings (SSSR count). The lowest BCUT2D eigenvalue weighted by molar-refractivity contribution is 0.0275. The number of benzene rings is 3. The number of carbonyl (C=O) groups excluding carboxylic acids is 1. The summed E-state index contributed by atoms with van der Waals surface area (Å²) >= 11 is 0. The molecule has 210 valence electrons. The molecule has 0 radical (unpaired) electrons. The Balaban J connectivity index is 1.17. The molecule has 0 spiro atoms. The Morgan fingerprint density at radius 1 is 1.10 bits per heavy atom. The molecule has 1 heterocycles. The van der Waals surface area contributed by atoms with Crippen molar-refractivity contribution in [3.63, 3.8) is 0 Å². The van der Waals surface area contributed by atoms with E-state index in [4.69, 9.17) is 10.00 Å². The van der Waals surface area contributed by atoms with Gasteiger partial charge >= 0.3 is 0 Å². The SMILES string of the molecule is COCC1C=CC2C3Cc4ccc(C(=O)NCCc5ccc(-c6ccc(C#N)cc6)cc5)c(O)c4C2(CCN3C)C1. The van der Waals surface area contributed by atoms with Gasteiger partial charge in [0, 0.05) is 42.5 Å². The molecule has 41 heavy (non-hydrogen) atoms. The van der Waals surface area contributed by atoms with Gasteiger partial charge in [-0.2, -0.15) is 5.26 Å². The van der Waals surface area contributed by atoms with Gasteiger partial charge in [0.15, 0.2) is 0 Å². The minimum Gasteiger partial charge on any atom is -0.507 e. The normalized spacial score (nSPS) is 24.7. The highest BCUT2D eigenvalue weighted by Crippen LogP contribution is 2.57. The van der Waals surface area contributed by atoms with Crippen LogP contribution in [0.25, 0.3) is 11.1 Å². The number of aromatic hydroxyl groups is 1. The first-order valence-electron chi connectivity index (χ1n) is 14.5. The molecule has 3 aromatic rings. The van der Waals surface area contributed by atoms with Crippen LogP contribution in [0.2, 0.25) is 0 Å². The zero-order valence-electron chi connectivity index (χ0n) is 23.8. The van der Waals surface area contributed by atoms with Crippen LogP contribution >= 0.6 is 0 Å². The molecule has 1 fully saturated rings. The van der Waals surface area contributed by atoms with Crippen LogP contribution in [-0.2, 0) is 23.0 Å². The first kappa shape index (κ1) is 27.3. The van der Waals surface area contributed by atoms with Gasteiger partial charge in [0.1, 0.15) is 5.75 Å². The Hall–Kier alpha value is -3.92. The molecule has 1 amide bonds. The average molecular weight is 548 g/mol. The summed E-state index contributed by atoms with van der Waals surface area (Å²) in [5, 5.41) is 23.7. The van der Waals surface area contributed by atoms with E-state index < -0.39 is 0 Å². The molecule has 2 bridgehead atoms.